The Morgan fingerprint density at radius 1 is 1.15 bits per heavy atom. The molecule has 1 fully saturated rings. The average Bonchev–Trinajstić information content (AvgIpc) is 2.33. The standard InChI is InChI=1S/C18H29NS/c1-12-6-9-16(13(2)10-12)20-17-11-14(18(3,4)5)7-8-15(17)19/h6,9-10,14-15,17H,7-8,11,19H2,1-5H3. The van der Waals surface area contributed by atoms with Crippen molar-refractivity contribution in [1.82, 2.24) is 0 Å². The average molecular weight is 292 g/mol. The highest BCUT2D eigenvalue weighted by Crippen LogP contribution is 2.43. The number of nitrogens with two attached hydrogens (primary N) is 1. The molecule has 20 heavy (non-hydrogen) atoms. The minimum atomic E-state index is 0.347. The minimum absolute atomic E-state index is 0.347. The molecule has 3 unspecified atom stereocenters. The molecule has 0 radical (unpaired) electrons. The van der Waals surface area contributed by atoms with Crippen LogP contribution < -0.4 is 5.73 Å². The number of hydrogen-bond donors (Lipinski definition) is 1. The molecule has 3 atom stereocenters. The molecule has 0 saturated heterocycles. The van der Waals surface area contributed by atoms with Crippen molar-refractivity contribution in [2.24, 2.45) is 17.1 Å². The number of aryl methyl sites for hydroxylation is 2. The van der Waals surface area contributed by atoms with Crippen LogP contribution in [0.1, 0.15) is 51.2 Å². The van der Waals surface area contributed by atoms with Crippen molar-refractivity contribution in [2.45, 2.75) is 70.1 Å². The molecular weight excluding hydrogens is 262 g/mol. The van der Waals surface area contributed by atoms with E-state index in [1.807, 2.05) is 11.8 Å². The number of benzene rings is 1. The summed E-state index contributed by atoms with van der Waals surface area (Å²) in [6.45, 7) is 11.5. The largest absolute Gasteiger partial charge is 0.327 e. The molecule has 1 aromatic carbocycles. The van der Waals surface area contributed by atoms with Crippen LogP contribution in [0.15, 0.2) is 23.1 Å². The molecule has 0 aromatic heterocycles. The normalized spacial score (nSPS) is 27.6. The first-order chi connectivity index (χ1) is 9.27. The van der Waals surface area contributed by atoms with Crippen LogP contribution >= 0.6 is 11.8 Å². The van der Waals surface area contributed by atoms with Crippen LogP contribution in [0.4, 0.5) is 0 Å². The van der Waals surface area contributed by atoms with Crippen molar-refractivity contribution in [3.63, 3.8) is 0 Å². The maximum absolute atomic E-state index is 6.39. The topological polar surface area (TPSA) is 26.0 Å². The predicted molar refractivity (Wildman–Crippen MR) is 90.3 cm³/mol. The van der Waals surface area contributed by atoms with Crippen molar-refractivity contribution in [1.29, 1.82) is 0 Å². The van der Waals surface area contributed by atoms with Crippen LogP contribution in [-0.2, 0) is 0 Å². The summed E-state index contributed by atoms with van der Waals surface area (Å²) in [5, 5.41) is 0.564. The van der Waals surface area contributed by atoms with Gasteiger partial charge in [-0.1, -0.05) is 38.5 Å². The molecule has 0 spiro atoms. The summed E-state index contributed by atoms with van der Waals surface area (Å²) in [4.78, 5) is 1.41. The summed E-state index contributed by atoms with van der Waals surface area (Å²) in [5.41, 5.74) is 9.52. The molecule has 112 valence electrons. The van der Waals surface area contributed by atoms with Gasteiger partial charge in [0.05, 0.1) is 0 Å². The van der Waals surface area contributed by atoms with Gasteiger partial charge >= 0.3 is 0 Å². The van der Waals surface area contributed by atoms with Crippen molar-refractivity contribution >= 4 is 11.8 Å². The molecular formula is C18H29NS. The zero-order valence-corrected chi connectivity index (χ0v) is 14.4. The smallest absolute Gasteiger partial charge is 0.0249 e. The first kappa shape index (κ1) is 15.9. The number of hydrogen-bond acceptors (Lipinski definition) is 2. The van der Waals surface area contributed by atoms with Gasteiger partial charge in [0.1, 0.15) is 0 Å². The van der Waals surface area contributed by atoms with Crippen molar-refractivity contribution in [3.05, 3.63) is 29.3 Å². The van der Waals surface area contributed by atoms with E-state index >= 15 is 0 Å². The Labute approximate surface area is 128 Å². The van der Waals surface area contributed by atoms with E-state index in [0.717, 1.165) is 5.92 Å². The maximum Gasteiger partial charge on any atom is 0.0249 e. The van der Waals surface area contributed by atoms with Gasteiger partial charge in [0.15, 0.2) is 0 Å². The van der Waals surface area contributed by atoms with Gasteiger partial charge in [-0.05, 0) is 56.1 Å². The van der Waals surface area contributed by atoms with Crippen LogP contribution in [0.3, 0.4) is 0 Å². The zero-order chi connectivity index (χ0) is 14.9. The molecule has 2 rings (SSSR count). The second-order valence-corrected chi connectivity index (χ2v) is 8.75. The summed E-state index contributed by atoms with van der Waals surface area (Å²) in [6, 6.07) is 7.10. The van der Waals surface area contributed by atoms with E-state index in [1.165, 1.54) is 35.3 Å². The quantitative estimate of drug-likeness (QED) is 0.835. The predicted octanol–water partition coefficient (Wildman–Crippen LogP) is 4.94. The Morgan fingerprint density at radius 2 is 1.85 bits per heavy atom. The van der Waals surface area contributed by atoms with E-state index in [2.05, 4.69) is 52.8 Å². The van der Waals surface area contributed by atoms with Gasteiger partial charge in [-0.2, -0.15) is 0 Å². The van der Waals surface area contributed by atoms with Crippen molar-refractivity contribution in [3.8, 4) is 0 Å². The minimum Gasteiger partial charge on any atom is -0.327 e. The van der Waals surface area contributed by atoms with Crippen molar-refractivity contribution in [2.75, 3.05) is 0 Å². The van der Waals surface area contributed by atoms with Crippen LogP contribution in [0.5, 0.6) is 0 Å². The van der Waals surface area contributed by atoms with E-state index in [4.69, 9.17) is 5.73 Å². The SMILES string of the molecule is Cc1ccc(SC2CC(C(C)(C)C)CCC2N)c(C)c1. The lowest BCUT2D eigenvalue weighted by Crippen LogP contribution is -2.41. The number of rotatable bonds is 2. The van der Waals surface area contributed by atoms with Gasteiger partial charge in [-0.25, -0.2) is 0 Å². The van der Waals surface area contributed by atoms with Gasteiger partial charge in [-0.3, -0.25) is 0 Å². The molecule has 0 heterocycles. The Bertz CT molecular complexity index is 461. The van der Waals surface area contributed by atoms with Gasteiger partial charge in [-0.15, -0.1) is 11.8 Å². The molecule has 2 N–H and O–H groups in total. The molecule has 1 nitrogen and oxygen atoms in total. The summed E-state index contributed by atoms with van der Waals surface area (Å²) in [7, 11) is 0. The Kier molecular flexibility index (Phi) is 4.86. The fourth-order valence-corrected chi connectivity index (χ4v) is 4.53. The molecule has 1 aliphatic carbocycles. The number of thioether (sulfide) groups is 1. The lowest BCUT2D eigenvalue weighted by Gasteiger charge is -2.40. The van der Waals surface area contributed by atoms with Crippen LogP contribution in [0, 0.1) is 25.2 Å². The second-order valence-electron chi connectivity index (χ2n) is 7.47. The highest BCUT2D eigenvalue weighted by molar-refractivity contribution is 8.00. The van der Waals surface area contributed by atoms with Gasteiger partial charge in [0, 0.05) is 16.2 Å². The fourth-order valence-electron chi connectivity index (χ4n) is 3.17. The van der Waals surface area contributed by atoms with E-state index in [9.17, 15) is 0 Å². The van der Waals surface area contributed by atoms with Gasteiger partial charge in [0.2, 0.25) is 0 Å². The van der Waals surface area contributed by atoms with Gasteiger partial charge in [0.25, 0.3) is 0 Å². The Morgan fingerprint density at radius 3 is 2.45 bits per heavy atom. The lowest BCUT2D eigenvalue weighted by atomic mass is 9.71. The summed E-state index contributed by atoms with van der Waals surface area (Å²) < 4.78 is 0. The molecule has 0 bridgehead atoms. The highest BCUT2D eigenvalue weighted by atomic mass is 32.2. The van der Waals surface area contributed by atoms with Crippen molar-refractivity contribution < 1.29 is 0 Å². The summed E-state index contributed by atoms with van der Waals surface area (Å²) in [5.74, 6) is 0.797. The monoisotopic (exact) mass is 291 g/mol. The van der Waals surface area contributed by atoms with Crippen LogP contribution in [-0.4, -0.2) is 11.3 Å². The first-order valence-corrected chi connectivity index (χ1v) is 8.65. The lowest BCUT2D eigenvalue weighted by molar-refractivity contribution is 0.174. The van der Waals surface area contributed by atoms with Gasteiger partial charge < -0.3 is 5.73 Å². The molecule has 2 heteroatoms. The van der Waals surface area contributed by atoms with E-state index in [1.54, 1.807) is 0 Å². The van der Waals surface area contributed by atoms with Crippen LogP contribution in [0.25, 0.3) is 0 Å². The molecule has 1 saturated carbocycles. The highest BCUT2D eigenvalue weighted by Gasteiger charge is 2.34. The summed E-state index contributed by atoms with van der Waals surface area (Å²) in [6.07, 6.45) is 3.71. The fraction of sp³-hybridized carbons (Fsp3) is 0.667. The van der Waals surface area contributed by atoms with Crippen LogP contribution in [0.2, 0.25) is 0 Å². The van der Waals surface area contributed by atoms with E-state index < -0.39 is 0 Å². The molecule has 1 aromatic rings. The molecule has 0 amide bonds. The maximum atomic E-state index is 6.39. The first-order valence-electron chi connectivity index (χ1n) is 7.77. The third kappa shape index (κ3) is 3.79. The third-order valence-electron chi connectivity index (χ3n) is 4.68. The Hall–Kier alpha value is -0.470. The molecule has 1 aliphatic rings. The van der Waals surface area contributed by atoms with E-state index in [-0.39, 0.29) is 0 Å². The molecule has 0 aliphatic heterocycles. The third-order valence-corrected chi connectivity index (χ3v) is 6.23. The summed E-state index contributed by atoms with van der Waals surface area (Å²) >= 11 is 2.00. The zero-order valence-electron chi connectivity index (χ0n) is 13.6. The van der Waals surface area contributed by atoms with E-state index in [0.29, 0.717) is 16.7 Å². The Balaban J connectivity index is 2.10. The second kappa shape index (κ2) is 6.11.